The third-order valence-corrected chi connectivity index (χ3v) is 33.2. The summed E-state index contributed by atoms with van der Waals surface area (Å²) in [7, 11) is 24.1. The van der Waals surface area contributed by atoms with E-state index in [1.54, 1.807) is 0 Å². The van der Waals surface area contributed by atoms with Gasteiger partial charge in [0.25, 0.3) is 0 Å². The molecule has 0 amide bonds. The molecule has 8 aromatic rings. The second-order valence-corrected chi connectivity index (χ2v) is 38.4. The molecule has 1 aliphatic rings. The maximum absolute atomic E-state index is 15.4. The minimum absolute atomic E-state index is 0.194. The normalized spacial score (nSPS) is 14.2. The first kappa shape index (κ1) is 99.0. The highest BCUT2D eigenvalue weighted by atomic mass is 35.5. The van der Waals surface area contributed by atoms with Crippen molar-refractivity contribution in [3.8, 4) is 0 Å². The lowest BCUT2D eigenvalue weighted by molar-refractivity contribution is -0.962. The molecular formula is C62H40B2Cl4F40N6Si2. The molecule has 0 aliphatic carbocycles. The summed E-state index contributed by atoms with van der Waals surface area (Å²) in [4.78, 5) is 0. The Kier molecular flexibility index (Phi) is 29.9. The van der Waals surface area contributed by atoms with Crippen LogP contribution in [0.1, 0.15) is 0 Å². The number of nitrogens with zero attached hydrogens (tertiary/aromatic N) is 6. The van der Waals surface area contributed by atoms with E-state index in [2.05, 4.69) is 103 Å². The van der Waals surface area contributed by atoms with Crippen LogP contribution in [0.3, 0.4) is 0 Å². The summed E-state index contributed by atoms with van der Waals surface area (Å²) < 4.78 is 600. The van der Waals surface area contributed by atoms with E-state index in [1.165, 1.54) is 0 Å². The molecule has 1 fully saturated rings. The molecule has 1 saturated heterocycles. The summed E-state index contributed by atoms with van der Waals surface area (Å²) in [6.07, 6.45) is -14.4. The minimum Gasteiger partial charge on any atom is -0.299 e. The fourth-order valence-electron chi connectivity index (χ4n) is 16.2. The number of hydrogen-bond donors (Lipinski definition) is 0. The van der Waals surface area contributed by atoms with Crippen molar-refractivity contribution < 1.29 is 183 Å². The summed E-state index contributed by atoms with van der Waals surface area (Å²) in [5, 5.41) is 0.389. The van der Waals surface area contributed by atoms with Gasteiger partial charge in [-0.15, -0.1) is 90.1 Å². The van der Waals surface area contributed by atoms with Crippen LogP contribution in [0.4, 0.5) is 176 Å². The van der Waals surface area contributed by atoms with Crippen LogP contribution in [0.2, 0.25) is 0 Å². The van der Waals surface area contributed by atoms with E-state index in [4.69, 9.17) is 46.4 Å². The standard InChI is InChI=1S/2C24BF20.C12H36N6Si2.2CH2Cl2/c2*26-5-1(6(27)14(35)21(42)13(5)34)25(2-7(28)15(36)22(43)16(37)8(2)29,3-9(30)17(38)23(44)18(39)10(3)31)4-11(32)19(40)24(45)20(41)12(4)33;1-13(2)19(14(3)4)17(9,10)20(15(5)6,16(7)8)18(19,11)12;2*2-1-3/h;;1-12H3;2*1H2/q2*-1;+2;;. The number of benzene rings is 8. The SMILES string of the molecule is CN(C)[Si]1(N(C)C)[N+](C)(C)[Si](N(C)C)(N(C)C)[N+]1(C)C.ClCCl.ClCCl.Fc1c(F)c(F)c([B-](c2c(F)c(F)c(F)c(F)c2F)(c2c(F)c(F)c(F)c(F)c2F)c2c(F)c(F)c(F)c(F)c2F)c(F)c1F.Fc1c(F)c(F)c([B-](c2c(F)c(F)c(F)c(F)c2F)(c2c(F)c(F)c(F)c(F)c2F)c2c(F)c(F)c(F)c(F)c2F)c(F)c1F. The first-order valence-corrected chi connectivity index (χ1v) is 35.8. The van der Waals surface area contributed by atoms with E-state index in [1.807, 2.05) is 0 Å². The van der Waals surface area contributed by atoms with Crippen molar-refractivity contribution in [2.24, 2.45) is 0 Å². The Hall–Kier alpha value is -7.56. The van der Waals surface area contributed by atoms with Crippen LogP contribution < -0.4 is 43.7 Å². The molecule has 0 unspecified atom stereocenters. The van der Waals surface area contributed by atoms with E-state index in [0.29, 0.717) is 0 Å². The van der Waals surface area contributed by atoms with Gasteiger partial charge in [0.05, 0.1) is 10.7 Å². The van der Waals surface area contributed by atoms with Crippen LogP contribution in [0.5, 0.6) is 0 Å². The van der Waals surface area contributed by atoms with Gasteiger partial charge in [-0.2, -0.15) is 0 Å². The molecule has 8 aromatic carbocycles. The zero-order valence-corrected chi connectivity index (χ0v) is 63.9. The van der Waals surface area contributed by atoms with Gasteiger partial charge in [-0.25, -0.2) is 194 Å². The fraction of sp³-hybridized carbons (Fsp3) is 0.226. The first-order valence-electron chi connectivity index (χ1n) is 30.1. The molecule has 640 valence electrons. The van der Waals surface area contributed by atoms with Gasteiger partial charge in [0.1, 0.15) is 105 Å². The van der Waals surface area contributed by atoms with Crippen molar-refractivity contribution in [3.63, 3.8) is 0 Å². The topological polar surface area (TPSA) is 13.0 Å². The average Bonchev–Trinajstić information content (AvgIpc) is 0.634. The van der Waals surface area contributed by atoms with Crippen molar-refractivity contribution in [2.75, 3.05) is 95.3 Å². The highest BCUT2D eigenvalue weighted by molar-refractivity contribution is 7.21. The summed E-state index contributed by atoms with van der Waals surface area (Å²) in [5.74, 6) is -143. The minimum atomic E-state index is -7.22. The molecule has 0 bridgehead atoms. The van der Waals surface area contributed by atoms with Crippen LogP contribution in [-0.4, -0.2) is 151 Å². The predicted octanol–water partition coefficient (Wildman–Crippen LogP) is 13.8. The Balaban J connectivity index is 0.000000319. The van der Waals surface area contributed by atoms with Crippen molar-refractivity contribution in [1.29, 1.82) is 0 Å². The van der Waals surface area contributed by atoms with Crippen molar-refractivity contribution in [3.05, 3.63) is 233 Å². The third-order valence-electron chi connectivity index (χ3n) is 18.8. The lowest BCUT2D eigenvalue weighted by Gasteiger charge is -2.74. The Morgan fingerprint density at radius 1 is 0.172 bits per heavy atom. The van der Waals surface area contributed by atoms with Crippen LogP contribution in [0.15, 0.2) is 0 Å². The lowest BCUT2D eigenvalue weighted by Crippen LogP contribution is -3.16. The molecule has 0 spiro atoms. The molecule has 0 saturated carbocycles. The quantitative estimate of drug-likeness (QED) is 0.0397. The highest BCUT2D eigenvalue weighted by Crippen LogP contribution is 2.51. The van der Waals surface area contributed by atoms with E-state index in [9.17, 15) is 105 Å². The second kappa shape index (κ2) is 35.0. The largest absolute Gasteiger partial charge is 0.689 e. The maximum atomic E-state index is 15.4. The Morgan fingerprint density at radius 3 is 0.293 bits per heavy atom. The van der Waals surface area contributed by atoms with E-state index < -0.39 is 306 Å². The zero-order valence-electron chi connectivity index (χ0n) is 58.9. The van der Waals surface area contributed by atoms with E-state index >= 15 is 70.2 Å². The average molecular weight is 1850 g/mol. The Morgan fingerprint density at radius 2 is 0.233 bits per heavy atom. The molecule has 1 aliphatic heterocycles. The van der Waals surface area contributed by atoms with Crippen LogP contribution >= 0.6 is 46.4 Å². The van der Waals surface area contributed by atoms with Crippen molar-refractivity contribution >= 4 is 120 Å². The van der Waals surface area contributed by atoms with Crippen LogP contribution in [0, 0.1) is 233 Å². The first-order chi connectivity index (χ1) is 53.0. The number of alkyl halides is 4. The van der Waals surface area contributed by atoms with Gasteiger partial charge in [-0.3, -0.25) is 7.63 Å². The number of rotatable bonds is 12. The molecule has 9 rings (SSSR count). The Bertz CT molecular complexity index is 4150. The lowest BCUT2D eigenvalue weighted by atomic mass is 9.12. The number of hydrogen-bond acceptors (Lipinski definition) is 4. The van der Waals surface area contributed by atoms with Gasteiger partial charge in [0.2, 0.25) is 0 Å². The summed E-state index contributed by atoms with van der Waals surface area (Å²) in [6.45, 7) is 0. The monoisotopic (exact) mass is 1850 g/mol. The molecule has 54 heteroatoms. The molecule has 0 aromatic heterocycles. The fourth-order valence-corrected chi connectivity index (χ4v) is 38.6. The van der Waals surface area contributed by atoms with Crippen LogP contribution in [-0.2, 0) is 0 Å². The van der Waals surface area contributed by atoms with Gasteiger partial charge in [0, 0.05) is 28.2 Å². The third kappa shape index (κ3) is 13.8. The molecule has 0 radical (unpaired) electrons. The van der Waals surface area contributed by atoms with E-state index in [-0.39, 0.29) is 10.7 Å². The van der Waals surface area contributed by atoms with E-state index in [0.717, 1.165) is 7.63 Å². The van der Waals surface area contributed by atoms with Crippen molar-refractivity contribution in [2.45, 2.75) is 0 Å². The second-order valence-electron chi connectivity index (χ2n) is 25.5. The van der Waals surface area contributed by atoms with Gasteiger partial charge in [-0.1, -0.05) is 0 Å². The smallest absolute Gasteiger partial charge is 0.299 e. The summed E-state index contributed by atoms with van der Waals surface area (Å²) in [6, 6.07) is 0. The van der Waals surface area contributed by atoms with Gasteiger partial charge < -0.3 is 0 Å². The number of quaternary nitrogens is 2. The summed E-state index contributed by atoms with van der Waals surface area (Å²) in [5.41, 5.74) is -28.7. The molecular weight excluding hydrogens is 1810 g/mol. The molecule has 0 atom stereocenters. The molecule has 116 heavy (non-hydrogen) atoms. The van der Waals surface area contributed by atoms with Gasteiger partial charge in [-0.05, 0) is 56.4 Å². The molecule has 6 nitrogen and oxygen atoms in total. The number of halogens is 44. The van der Waals surface area contributed by atoms with Gasteiger partial charge in [0.15, 0.2) is 140 Å². The van der Waals surface area contributed by atoms with Crippen molar-refractivity contribution in [1.82, 2.24) is 18.3 Å². The maximum Gasteiger partial charge on any atom is 0.689 e. The Labute approximate surface area is 646 Å². The zero-order chi connectivity index (χ0) is 90.4. The van der Waals surface area contributed by atoms with Crippen LogP contribution in [0.25, 0.3) is 0 Å². The van der Waals surface area contributed by atoms with Gasteiger partial charge >= 0.3 is 17.4 Å². The predicted molar refractivity (Wildman–Crippen MR) is 342 cm³/mol. The molecule has 0 N–H and O–H groups in total. The molecule has 1 heterocycles. The summed E-state index contributed by atoms with van der Waals surface area (Å²) >= 11 is 19.1. The highest BCUT2D eigenvalue weighted by Gasteiger charge is 3.01.